The summed E-state index contributed by atoms with van der Waals surface area (Å²) in [6.07, 6.45) is -0.456. The molecule has 0 atom stereocenters. The van der Waals surface area contributed by atoms with Crippen LogP contribution < -0.4 is 4.72 Å². The number of hydrogen-bond acceptors (Lipinski definition) is 3. The van der Waals surface area contributed by atoms with Gasteiger partial charge in [0.2, 0.25) is 0 Å². The topological polar surface area (TPSA) is 83.5 Å². The third kappa shape index (κ3) is 3.66. The first-order valence-corrected chi connectivity index (χ1v) is 5.97. The lowest BCUT2D eigenvalue weighted by Crippen LogP contribution is -2.21. The summed E-state index contributed by atoms with van der Waals surface area (Å²) in [6.45, 7) is 0. The summed E-state index contributed by atoms with van der Waals surface area (Å²) >= 11 is 0. The Labute approximate surface area is 96.1 Å². The van der Waals surface area contributed by atoms with Crippen LogP contribution in [0.3, 0.4) is 0 Å². The molecule has 0 aliphatic heterocycles. The van der Waals surface area contributed by atoms with Crippen molar-refractivity contribution >= 4 is 21.7 Å². The average molecular weight is 265 g/mol. The molecule has 8 heteroatoms. The van der Waals surface area contributed by atoms with E-state index in [1.807, 2.05) is 0 Å². The number of sulfonamides is 1. The van der Waals surface area contributed by atoms with E-state index in [1.54, 1.807) is 4.72 Å². The Hall–Kier alpha value is -1.70. The van der Waals surface area contributed by atoms with Crippen molar-refractivity contribution in [1.29, 1.82) is 0 Å². The van der Waals surface area contributed by atoms with Gasteiger partial charge in [-0.15, -0.1) is 0 Å². The van der Waals surface area contributed by atoms with Crippen molar-refractivity contribution in [3.63, 3.8) is 0 Å². The highest BCUT2D eigenvalue weighted by molar-refractivity contribution is 7.93. The highest BCUT2D eigenvalue weighted by atomic mass is 32.2. The van der Waals surface area contributed by atoms with Gasteiger partial charge in [-0.25, -0.2) is 8.42 Å². The van der Waals surface area contributed by atoms with Gasteiger partial charge in [-0.05, 0) is 11.6 Å². The van der Waals surface area contributed by atoms with E-state index in [0.29, 0.717) is 0 Å². The Morgan fingerprint density at radius 2 is 1.94 bits per heavy atom. The number of benzene rings is 1. The zero-order chi connectivity index (χ0) is 13.1. The normalized spacial score (nSPS) is 11.5. The Balaban J connectivity index is 3.03. The van der Waals surface area contributed by atoms with Gasteiger partial charge < -0.3 is 5.11 Å². The molecule has 0 heterocycles. The number of aliphatic carboxylic acids is 1. The van der Waals surface area contributed by atoms with E-state index in [-0.39, 0.29) is 11.3 Å². The lowest BCUT2D eigenvalue weighted by molar-refractivity contribution is -0.136. The molecule has 0 spiro atoms. The van der Waals surface area contributed by atoms with E-state index < -0.39 is 28.2 Å². The van der Waals surface area contributed by atoms with Crippen LogP contribution in [-0.2, 0) is 21.2 Å². The minimum atomic E-state index is -4.79. The molecule has 17 heavy (non-hydrogen) atoms. The summed E-state index contributed by atoms with van der Waals surface area (Å²) < 4.78 is 47.8. The summed E-state index contributed by atoms with van der Waals surface area (Å²) in [6, 6.07) is 5.46. The molecule has 1 rings (SSSR count). The van der Waals surface area contributed by atoms with Gasteiger partial charge in [0, 0.05) is 0 Å². The molecule has 0 aromatic heterocycles. The van der Waals surface area contributed by atoms with Crippen molar-refractivity contribution < 1.29 is 27.1 Å². The fourth-order valence-electron chi connectivity index (χ4n) is 1.13. The fraction of sp³-hybridized carbons (Fsp3) is 0.222. The number of rotatable bonds is 5. The number of carbonyl (C=O) groups is 1. The van der Waals surface area contributed by atoms with Crippen molar-refractivity contribution in [2.75, 3.05) is 4.72 Å². The third-order valence-electron chi connectivity index (χ3n) is 1.85. The second-order valence-corrected chi connectivity index (χ2v) is 4.79. The van der Waals surface area contributed by atoms with Gasteiger partial charge in [0.05, 0.1) is 12.1 Å². The summed E-state index contributed by atoms with van der Waals surface area (Å²) in [7, 11) is -4.79. The van der Waals surface area contributed by atoms with E-state index in [9.17, 15) is 22.0 Å². The SMILES string of the molecule is O=C(O)Cc1ccccc1NS(=O)(=O)C(F)F. The number of halogens is 2. The van der Waals surface area contributed by atoms with Gasteiger partial charge in [-0.1, -0.05) is 18.2 Å². The Kier molecular flexibility index (Phi) is 4.00. The molecule has 0 saturated carbocycles. The quantitative estimate of drug-likeness (QED) is 0.840. The van der Waals surface area contributed by atoms with E-state index in [2.05, 4.69) is 0 Å². The van der Waals surface area contributed by atoms with Gasteiger partial charge in [0.1, 0.15) is 0 Å². The van der Waals surface area contributed by atoms with E-state index >= 15 is 0 Å². The maximum absolute atomic E-state index is 12.1. The van der Waals surface area contributed by atoms with Crippen LogP contribution in [0.4, 0.5) is 14.5 Å². The molecule has 94 valence electrons. The number of anilines is 1. The number of para-hydroxylation sites is 1. The molecular formula is C9H9F2NO4S. The first kappa shape index (κ1) is 13.4. The molecule has 0 radical (unpaired) electrons. The van der Waals surface area contributed by atoms with Crippen LogP contribution in [0.5, 0.6) is 0 Å². The molecule has 0 amide bonds. The number of carboxylic acids is 1. The lowest BCUT2D eigenvalue weighted by atomic mass is 10.1. The molecule has 0 unspecified atom stereocenters. The van der Waals surface area contributed by atoms with Crippen LogP contribution in [-0.4, -0.2) is 25.3 Å². The molecule has 2 N–H and O–H groups in total. The molecule has 1 aromatic carbocycles. The number of nitrogens with one attached hydrogen (secondary N) is 1. The molecule has 0 fully saturated rings. The molecule has 5 nitrogen and oxygen atoms in total. The third-order valence-corrected chi connectivity index (χ3v) is 2.82. The largest absolute Gasteiger partial charge is 0.481 e. The van der Waals surface area contributed by atoms with Gasteiger partial charge >= 0.3 is 11.7 Å². The molecular weight excluding hydrogens is 256 g/mol. The van der Waals surface area contributed by atoms with Crippen molar-refractivity contribution in [1.82, 2.24) is 0 Å². The average Bonchev–Trinajstić information content (AvgIpc) is 2.19. The maximum atomic E-state index is 12.1. The minimum Gasteiger partial charge on any atom is -0.481 e. The highest BCUT2D eigenvalue weighted by Gasteiger charge is 2.24. The summed E-state index contributed by atoms with van der Waals surface area (Å²) in [5, 5.41) is 8.57. The molecule has 0 aliphatic rings. The van der Waals surface area contributed by atoms with Crippen LogP contribution in [0.2, 0.25) is 0 Å². The summed E-state index contributed by atoms with van der Waals surface area (Å²) in [5.74, 6) is -4.76. The monoisotopic (exact) mass is 265 g/mol. The van der Waals surface area contributed by atoms with Crippen LogP contribution in [0.25, 0.3) is 0 Å². The number of alkyl halides is 2. The summed E-state index contributed by atoms with van der Waals surface area (Å²) in [4.78, 5) is 10.5. The molecule has 1 aromatic rings. The van der Waals surface area contributed by atoms with E-state index in [0.717, 1.165) is 0 Å². The number of carboxylic acid groups (broad SMARTS) is 1. The second kappa shape index (κ2) is 5.09. The first-order valence-electron chi connectivity index (χ1n) is 4.42. The lowest BCUT2D eigenvalue weighted by Gasteiger charge is -2.10. The van der Waals surface area contributed by atoms with Crippen LogP contribution >= 0.6 is 0 Å². The smallest absolute Gasteiger partial charge is 0.355 e. The van der Waals surface area contributed by atoms with E-state index in [4.69, 9.17) is 5.11 Å². The number of hydrogen-bond donors (Lipinski definition) is 2. The molecule has 0 aliphatic carbocycles. The minimum absolute atomic E-state index is 0.115. The fourth-order valence-corrected chi connectivity index (χ4v) is 1.73. The van der Waals surface area contributed by atoms with Gasteiger partial charge in [0.25, 0.3) is 10.0 Å². The van der Waals surface area contributed by atoms with Crippen molar-refractivity contribution in [3.8, 4) is 0 Å². The standard InChI is InChI=1S/C9H9F2NO4S/c10-9(11)17(15,16)12-7-4-2-1-3-6(7)5-8(13)14/h1-4,9,12H,5H2,(H,13,14). The Bertz CT molecular complexity index is 515. The van der Waals surface area contributed by atoms with Gasteiger partial charge in [-0.2, -0.15) is 8.78 Å². The van der Waals surface area contributed by atoms with E-state index in [1.165, 1.54) is 24.3 Å². The summed E-state index contributed by atoms with van der Waals surface area (Å²) in [5.41, 5.74) is -0.0422. The van der Waals surface area contributed by atoms with Crippen molar-refractivity contribution in [2.45, 2.75) is 12.2 Å². The zero-order valence-corrected chi connectivity index (χ0v) is 9.25. The maximum Gasteiger partial charge on any atom is 0.355 e. The van der Waals surface area contributed by atoms with Crippen LogP contribution in [0.15, 0.2) is 24.3 Å². The first-order chi connectivity index (χ1) is 7.83. The van der Waals surface area contributed by atoms with Crippen LogP contribution in [0.1, 0.15) is 5.56 Å². The molecule has 0 bridgehead atoms. The zero-order valence-electron chi connectivity index (χ0n) is 8.43. The van der Waals surface area contributed by atoms with Crippen LogP contribution in [0, 0.1) is 0 Å². The Morgan fingerprint density at radius 1 is 1.35 bits per heavy atom. The predicted octanol–water partition coefficient (Wildman–Crippen LogP) is 1.28. The van der Waals surface area contributed by atoms with Crippen molar-refractivity contribution in [2.24, 2.45) is 0 Å². The Morgan fingerprint density at radius 3 is 2.47 bits per heavy atom. The highest BCUT2D eigenvalue weighted by Crippen LogP contribution is 2.19. The second-order valence-electron chi connectivity index (χ2n) is 3.14. The van der Waals surface area contributed by atoms with Gasteiger partial charge in [0.15, 0.2) is 0 Å². The molecule has 0 saturated heterocycles. The van der Waals surface area contributed by atoms with Gasteiger partial charge in [-0.3, -0.25) is 9.52 Å². The predicted molar refractivity (Wildman–Crippen MR) is 56.3 cm³/mol. The van der Waals surface area contributed by atoms with Crippen molar-refractivity contribution in [3.05, 3.63) is 29.8 Å².